The lowest BCUT2D eigenvalue weighted by Crippen LogP contribution is -2.37. The molecule has 0 aromatic carbocycles. The summed E-state index contributed by atoms with van der Waals surface area (Å²) in [7, 11) is 0. The smallest absolute Gasteiger partial charge is 0.256 e. The van der Waals surface area contributed by atoms with Crippen molar-refractivity contribution in [2.24, 2.45) is 0 Å². The van der Waals surface area contributed by atoms with Crippen LogP contribution in [-0.4, -0.2) is 34.5 Å². The van der Waals surface area contributed by atoms with Gasteiger partial charge in [-0.25, -0.2) is 0 Å². The summed E-state index contributed by atoms with van der Waals surface area (Å²) in [4.78, 5) is 23.5. The molecule has 0 radical (unpaired) electrons. The quantitative estimate of drug-likeness (QED) is 0.630. The Hall–Kier alpha value is -1.16. The van der Waals surface area contributed by atoms with E-state index in [1.54, 1.807) is 13.8 Å². The minimum absolute atomic E-state index is 0.0992. The summed E-state index contributed by atoms with van der Waals surface area (Å²) in [5.41, 5.74) is 0.438. The van der Waals surface area contributed by atoms with Gasteiger partial charge in [-0.05, 0) is 13.3 Å². The highest BCUT2D eigenvalue weighted by Crippen LogP contribution is 2.12. The van der Waals surface area contributed by atoms with Crippen LogP contribution in [-0.2, 0) is 9.59 Å². The Bertz CT molecular complexity index is 270. The molecule has 1 aliphatic heterocycles. The van der Waals surface area contributed by atoms with E-state index in [1.165, 1.54) is 6.08 Å². The van der Waals surface area contributed by atoms with Crippen molar-refractivity contribution in [2.75, 3.05) is 6.54 Å². The Morgan fingerprint density at radius 2 is 2.15 bits per heavy atom. The predicted octanol–water partition coefficient (Wildman–Crippen LogP) is 0.0724. The van der Waals surface area contributed by atoms with Crippen molar-refractivity contribution in [1.82, 2.24) is 4.90 Å². The molecule has 0 saturated heterocycles. The van der Waals surface area contributed by atoms with E-state index in [1.807, 2.05) is 0 Å². The van der Waals surface area contributed by atoms with Crippen molar-refractivity contribution in [3.63, 3.8) is 0 Å². The molecule has 1 unspecified atom stereocenters. The van der Waals surface area contributed by atoms with E-state index in [2.05, 4.69) is 0 Å². The predicted molar refractivity (Wildman–Crippen MR) is 46.8 cm³/mol. The molecule has 13 heavy (non-hydrogen) atoms. The van der Waals surface area contributed by atoms with Gasteiger partial charge in [0.2, 0.25) is 0 Å². The van der Waals surface area contributed by atoms with Crippen molar-refractivity contribution in [2.45, 2.75) is 26.4 Å². The topological polar surface area (TPSA) is 57.6 Å². The summed E-state index contributed by atoms with van der Waals surface area (Å²) in [5.74, 6) is -0.618. The Balaban J connectivity index is 2.64. The summed E-state index contributed by atoms with van der Waals surface area (Å²) < 4.78 is 0. The van der Waals surface area contributed by atoms with E-state index in [9.17, 15) is 14.7 Å². The summed E-state index contributed by atoms with van der Waals surface area (Å²) in [6.07, 6.45) is 1.22. The van der Waals surface area contributed by atoms with Crippen LogP contribution in [0.3, 0.4) is 0 Å². The molecule has 4 heteroatoms. The number of hydrogen-bond acceptors (Lipinski definition) is 3. The molecule has 0 aromatic heterocycles. The second-order valence-electron chi connectivity index (χ2n) is 3.14. The van der Waals surface area contributed by atoms with Crippen molar-refractivity contribution < 1.29 is 14.7 Å². The normalized spacial score (nSPS) is 19.3. The molecule has 2 amide bonds. The summed E-state index contributed by atoms with van der Waals surface area (Å²) in [5, 5.41) is 9.27. The van der Waals surface area contributed by atoms with Gasteiger partial charge < -0.3 is 5.11 Å². The van der Waals surface area contributed by atoms with Crippen molar-refractivity contribution in [3.05, 3.63) is 11.6 Å². The van der Waals surface area contributed by atoms with E-state index >= 15 is 0 Å². The molecule has 0 spiro atoms. The Morgan fingerprint density at radius 1 is 1.54 bits per heavy atom. The standard InChI is InChI=1S/C9H13NO3/c1-3-7(11)5-10-8(12)4-6(2)9(10)13/h4,7,11H,3,5H2,1-2H3. The Labute approximate surface area is 76.8 Å². The van der Waals surface area contributed by atoms with Gasteiger partial charge in [0.1, 0.15) is 0 Å². The highest BCUT2D eigenvalue weighted by Gasteiger charge is 2.29. The Kier molecular flexibility index (Phi) is 2.83. The van der Waals surface area contributed by atoms with Crippen LogP contribution in [0.15, 0.2) is 11.6 Å². The summed E-state index contributed by atoms with van der Waals surface area (Å²) in [6.45, 7) is 3.50. The maximum Gasteiger partial charge on any atom is 0.256 e. The highest BCUT2D eigenvalue weighted by molar-refractivity contribution is 6.15. The summed E-state index contributed by atoms with van der Waals surface area (Å²) >= 11 is 0. The molecule has 0 aromatic rings. The number of β-amino-alcohol motifs (C(OH)–C–C–N with tert-alkyl or cyclic N) is 1. The van der Waals surface area contributed by atoms with Crippen LogP contribution in [0.1, 0.15) is 20.3 Å². The fraction of sp³-hybridized carbons (Fsp3) is 0.556. The molecule has 1 atom stereocenters. The zero-order valence-electron chi connectivity index (χ0n) is 7.78. The number of hydrogen-bond donors (Lipinski definition) is 1. The fourth-order valence-electron chi connectivity index (χ4n) is 1.15. The number of carbonyl (C=O) groups is 2. The zero-order chi connectivity index (χ0) is 10.0. The highest BCUT2D eigenvalue weighted by atomic mass is 16.3. The molecule has 0 saturated carbocycles. The van der Waals surface area contributed by atoms with Crippen LogP contribution in [0, 0.1) is 0 Å². The Morgan fingerprint density at radius 3 is 2.54 bits per heavy atom. The van der Waals surface area contributed by atoms with Gasteiger partial charge in [0.15, 0.2) is 0 Å². The lowest BCUT2D eigenvalue weighted by atomic mass is 10.2. The maximum absolute atomic E-state index is 11.3. The molecule has 0 fully saturated rings. The number of nitrogens with zero attached hydrogens (tertiary/aromatic N) is 1. The van der Waals surface area contributed by atoms with Gasteiger partial charge in [-0.3, -0.25) is 14.5 Å². The molecular weight excluding hydrogens is 170 g/mol. The van der Waals surface area contributed by atoms with Crippen LogP contribution in [0.25, 0.3) is 0 Å². The van der Waals surface area contributed by atoms with Gasteiger partial charge in [0, 0.05) is 11.6 Å². The van der Waals surface area contributed by atoms with E-state index < -0.39 is 6.10 Å². The average molecular weight is 183 g/mol. The minimum atomic E-state index is -0.618. The molecule has 4 nitrogen and oxygen atoms in total. The molecule has 1 heterocycles. The van der Waals surface area contributed by atoms with Gasteiger partial charge in [-0.15, -0.1) is 0 Å². The minimum Gasteiger partial charge on any atom is -0.391 e. The van der Waals surface area contributed by atoms with E-state index in [0.29, 0.717) is 12.0 Å². The molecule has 1 aliphatic rings. The van der Waals surface area contributed by atoms with Crippen LogP contribution in [0.2, 0.25) is 0 Å². The summed E-state index contributed by atoms with van der Waals surface area (Å²) in [6, 6.07) is 0. The second-order valence-corrected chi connectivity index (χ2v) is 3.14. The van der Waals surface area contributed by atoms with Crippen molar-refractivity contribution in [1.29, 1.82) is 0 Å². The zero-order valence-corrected chi connectivity index (χ0v) is 7.78. The molecule has 0 bridgehead atoms. The number of amides is 2. The third-order valence-corrected chi connectivity index (χ3v) is 2.05. The number of aliphatic hydroxyl groups is 1. The lowest BCUT2D eigenvalue weighted by Gasteiger charge is -2.17. The van der Waals surface area contributed by atoms with E-state index in [4.69, 9.17) is 0 Å². The monoisotopic (exact) mass is 183 g/mol. The molecule has 72 valence electrons. The van der Waals surface area contributed by atoms with Crippen molar-refractivity contribution >= 4 is 11.8 Å². The van der Waals surface area contributed by atoms with Gasteiger partial charge in [-0.1, -0.05) is 6.92 Å². The van der Waals surface area contributed by atoms with Gasteiger partial charge in [0.25, 0.3) is 11.8 Å². The van der Waals surface area contributed by atoms with E-state index in [0.717, 1.165) is 4.90 Å². The first-order valence-corrected chi connectivity index (χ1v) is 4.28. The average Bonchev–Trinajstić information content (AvgIpc) is 2.32. The van der Waals surface area contributed by atoms with Gasteiger partial charge in [0.05, 0.1) is 12.6 Å². The van der Waals surface area contributed by atoms with Crippen molar-refractivity contribution in [3.8, 4) is 0 Å². The first-order valence-electron chi connectivity index (χ1n) is 4.28. The van der Waals surface area contributed by atoms with Gasteiger partial charge >= 0.3 is 0 Å². The van der Waals surface area contributed by atoms with Crippen LogP contribution >= 0.6 is 0 Å². The molecule has 1 rings (SSSR count). The van der Waals surface area contributed by atoms with Crippen LogP contribution < -0.4 is 0 Å². The first kappa shape index (κ1) is 9.92. The van der Waals surface area contributed by atoms with Crippen LogP contribution in [0.4, 0.5) is 0 Å². The second kappa shape index (κ2) is 3.70. The number of imide groups is 1. The number of aliphatic hydroxyl groups excluding tert-OH is 1. The number of rotatable bonds is 3. The van der Waals surface area contributed by atoms with Gasteiger partial charge in [-0.2, -0.15) is 0 Å². The number of carbonyl (C=O) groups excluding carboxylic acids is 2. The van der Waals surface area contributed by atoms with Crippen LogP contribution in [0.5, 0.6) is 0 Å². The SMILES string of the molecule is CCC(O)CN1C(=O)C=C(C)C1=O. The molecule has 1 N–H and O–H groups in total. The third-order valence-electron chi connectivity index (χ3n) is 2.05. The lowest BCUT2D eigenvalue weighted by molar-refractivity contribution is -0.138. The first-order chi connectivity index (χ1) is 6.06. The van der Waals surface area contributed by atoms with E-state index in [-0.39, 0.29) is 18.4 Å². The fourth-order valence-corrected chi connectivity index (χ4v) is 1.15. The largest absolute Gasteiger partial charge is 0.391 e. The maximum atomic E-state index is 11.3. The molecule has 0 aliphatic carbocycles. The molecular formula is C9H13NO3. The third kappa shape index (κ3) is 1.95.